The number of carboxylic acid groups (broad SMARTS) is 1. The Labute approximate surface area is 377 Å². The van der Waals surface area contributed by atoms with Crippen LogP contribution in [-0.2, 0) is 24.5 Å². The van der Waals surface area contributed by atoms with Crippen molar-refractivity contribution in [3.8, 4) is 17.6 Å². The van der Waals surface area contributed by atoms with Crippen LogP contribution in [0.1, 0.15) is 103 Å². The van der Waals surface area contributed by atoms with Crippen molar-refractivity contribution in [1.29, 1.82) is 0 Å². The number of fused-ring (bicyclic) bond motifs is 3. The topological polar surface area (TPSA) is 166 Å². The predicted octanol–water partition coefficient (Wildman–Crippen LogP) is 7.72. The summed E-state index contributed by atoms with van der Waals surface area (Å²) >= 11 is 0. The molecule has 4 N–H and O–H groups in total. The Balaban J connectivity index is 1.32. The van der Waals surface area contributed by atoms with Gasteiger partial charge in [-0.1, -0.05) is 128 Å². The van der Waals surface area contributed by atoms with Crippen molar-refractivity contribution in [3.05, 3.63) is 167 Å². The zero-order valence-corrected chi connectivity index (χ0v) is 36.0. The van der Waals surface area contributed by atoms with Gasteiger partial charge in [-0.25, -0.2) is 9.69 Å². The maximum Gasteiger partial charge on any atom is 0.329 e. The zero-order valence-electron chi connectivity index (χ0n) is 36.0. The van der Waals surface area contributed by atoms with Gasteiger partial charge >= 0.3 is 18.0 Å². The van der Waals surface area contributed by atoms with Crippen LogP contribution in [0.15, 0.2) is 133 Å². The molecule has 4 aliphatic rings. The second kappa shape index (κ2) is 18.0. The molecule has 5 aromatic carbocycles. The molecule has 7 unspecified atom stereocenters. The minimum absolute atomic E-state index is 0.0396. The van der Waals surface area contributed by atoms with Crippen LogP contribution in [-0.4, -0.2) is 69.0 Å². The van der Waals surface area contributed by atoms with Crippen LogP contribution in [0, 0.1) is 17.8 Å². The van der Waals surface area contributed by atoms with E-state index in [1.165, 1.54) is 0 Å². The number of benzene rings is 5. The summed E-state index contributed by atoms with van der Waals surface area (Å²) in [7, 11) is 0. The summed E-state index contributed by atoms with van der Waals surface area (Å²) < 4.78 is 12.3. The first kappa shape index (κ1) is 43.5. The van der Waals surface area contributed by atoms with Gasteiger partial charge in [0.2, 0.25) is 5.91 Å². The van der Waals surface area contributed by atoms with E-state index in [2.05, 4.69) is 17.2 Å². The SMILES string of the molecule is CC(NC(=O)N1C(=O)C2(c3cc(C#CC4(O)CCCCCC4)ccc31)C(C(=O)O)C1C(=O)OC(c3ccccc3)C(c3ccccc3)N1C2c1cccc(OCCO)c1)c1ccccc1. The Morgan fingerprint density at radius 3 is 2.12 bits per heavy atom. The highest BCUT2D eigenvalue weighted by molar-refractivity contribution is 6.24. The fraction of sp³-hybridized carbons (Fsp3) is 0.321. The molecule has 12 heteroatoms. The van der Waals surface area contributed by atoms with E-state index in [9.17, 15) is 29.7 Å². The number of morpholine rings is 1. The molecule has 1 spiro atoms. The van der Waals surface area contributed by atoms with E-state index in [4.69, 9.17) is 9.47 Å². The number of nitrogens with one attached hydrogen (secondary N) is 1. The smallest absolute Gasteiger partial charge is 0.329 e. The van der Waals surface area contributed by atoms with Crippen molar-refractivity contribution < 1.29 is 44.0 Å². The van der Waals surface area contributed by atoms with Crippen LogP contribution >= 0.6 is 0 Å². The van der Waals surface area contributed by atoms with Crippen molar-refractivity contribution in [2.45, 2.75) is 86.7 Å². The molecular formula is C53H51N3O9. The van der Waals surface area contributed by atoms with E-state index in [0.29, 0.717) is 40.8 Å². The lowest BCUT2D eigenvalue weighted by Gasteiger charge is -2.46. The number of esters is 1. The number of hydrogen-bond donors (Lipinski definition) is 4. The van der Waals surface area contributed by atoms with Gasteiger partial charge in [-0.2, -0.15) is 0 Å². The first-order valence-corrected chi connectivity index (χ1v) is 22.3. The van der Waals surface area contributed by atoms with Crippen LogP contribution in [0.25, 0.3) is 0 Å². The lowest BCUT2D eigenvalue weighted by molar-refractivity contribution is -0.179. The summed E-state index contributed by atoms with van der Waals surface area (Å²) in [4.78, 5) is 63.3. The van der Waals surface area contributed by atoms with E-state index in [0.717, 1.165) is 36.1 Å². The molecular weight excluding hydrogens is 823 g/mol. The first-order chi connectivity index (χ1) is 31.6. The zero-order chi connectivity index (χ0) is 45.3. The van der Waals surface area contributed by atoms with Gasteiger partial charge in [-0.15, -0.1) is 0 Å². The minimum Gasteiger partial charge on any atom is -0.491 e. The molecule has 5 aromatic rings. The highest BCUT2D eigenvalue weighted by Crippen LogP contribution is 2.66. The Kier molecular flexibility index (Phi) is 12.0. The first-order valence-electron chi connectivity index (χ1n) is 22.3. The Hall–Kier alpha value is -6.78. The number of ether oxygens (including phenoxy) is 2. The van der Waals surface area contributed by atoms with Crippen LogP contribution < -0.4 is 15.0 Å². The molecule has 12 nitrogen and oxygen atoms in total. The van der Waals surface area contributed by atoms with Gasteiger partial charge in [0, 0.05) is 5.56 Å². The number of carboxylic acids is 1. The number of aliphatic carboxylic acids is 1. The number of carbonyl (C=O) groups is 4. The molecule has 65 heavy (non-hydrogen) atoms. The number of aliphatic hydroxyl groups excluding tert-OH is 1. The number of hydrogen-bond acceptors (Lipinski definition) is 9. The van der Waals surface area contributed by atoms with Crippen LogP contribution in [0.4, 0.5) is 10.5 Å². The van der Waals surface area contributed by atoms with E-state index < -0.39 is 71.1 Å². The summed E-state index contributed by atoms with van der Waals surface area (Å²) in [6.07, 6.45) is 3.68. The summed E-state index contributed by atoms with van der Waals surface area (Å²) in [5.41, 5.74) is -0.128. The Morgan fingerprint density at radius 1 is 0.815 bits per heavy atom. The molecule has 0 bridgehead atoms. The Bertz CT molecular complexity index is 2640. The molecule has 3 aliphatic heterocycles. The van der Waals surface area contributed by atoms with Gasteiger partial charge in [0.15, 0.2) is 0 Å². The van der Waals surface area contributed by atoms with Crippen LogP contribution in [0.5, 0.6) is 5.75 Å². The van der Waals surface area contributed by atoms with E-state index in [-0.39, 0.29) is 24.5 Å². The maximum absolute atomic E-state index is 16.2. The third kappa shape index (κ3) is 7.84. The lowest BCUT2D eigenvalue weighted by atomic mass is 9.65. The van der Waals surface area contributed by atoms with Crippen LogP contribution in [0.3, 0.4) is 0 Å². The van der Waals surface area contributed by atoms with Crippen molar-refractivity contribution in [2.24, 2.45) is 5.92 Å². The lowest BCUT2D eigenvalue weighted by Crippen LogP contribution is -2.54. The average Bonchev–Trinajstić information content (AvgIpc) is 3.67. The average molecular weight is 874 g/mol. The number of rotatable bonds is 9. The van der Waals surface area contributed by atoms with Gasteiger partial charge in [0.25, 0.3) is 0 Å². The van der Waals surface area contributed by atoms with Gasteiger partial charge in [0.1, 0.15) is 41.4 Å². The third-order valence-electron chi connectivity index (χ3n) is 13.5. The molecule has 7 atom stereocenters. The Morgan fingerprint density at radius 2 is 1.46 bits per heavy atom. The summed E-state index contributed by atoms with van der Waals surface area (Å²) in [5.74, 6) is 1.69. The highest BCUT2D eigenvalue weighted by Gasteiger charge is 2.76. The number of amides is 3. The molecule has 3 fully saturated rings. The monoisotopic (exact) mass is 873 g/mol. The summed E-state index contributed by atoms with van der Waals surface area (Å²) in [6, 6.07) is 34.6. The van der Waals surface area contributed by atoms with Crippen molar-refractivity contribution in [3.63, 3.8) is 0 Å². The third-order valence-corrected chi connectivity index (χ3v) is 13.5. The summed E-state index contributed by atoms with van der Waals surface area (Å²) in [6.45, 7) is 1.48. The second-order valence-electron chi connectivity index (χ2n) is 17.4. The highest BCUT2D eigenvalue weighted by atomic mass is 16.6. The molecule has 2 saturated heterocycles. The molecule has 1 aliphatic carbocycles. The van der Waals surface area contributed by atoms with Gasteiger partial charge in [-0.05, 0) is 90.8 Å². The molecule has 0 radical (unpaired) electrons. The second-order valence-corrected chi connectivity index (χ2v) is 17.4. The fourth-order valence-electron chi connectivity index (χ4n) is 10.6. The molecule has 3 amide bonds. The molecule has 3 heterocycles. The minimum atomic E-state index is -2.18. The number of cyclic esters (lactones) is 1. The quantitative estimate of drug-likeness (QED) is 0.0655. The van der Waals surface area contributed by atoms with Crippen LogP contribution in [0.2, 0.25) is 0 Å². The molecule has 9 rings (SSSR count). The van der Waals surface area contributed by atoms with Gasteiger partial charge in [0.05, 0.1) is 30.4 Å². The fourth-order valence-corrected chi connectivity index (χ4v) is 10.6. The standard InChI is InChI=1S/C53H51N3O9/c1-34(36-16-7-4-8-17-36)54-51(62)55-42-25-24-35(26-29-52(63)27-13-2-3-14-28-52)32-41(42)53(50(55)61)43(48(58)59)45-49(60)65-46(38-20-11-6-12-21-38)44(37-18-9-5-10-19-37)56(45)47(53)39-22-15-23-40(33-39)64-31-30-57/h4-12,15-25,32-34,43-47,57,63H,2-3,13-14,27-28,30-31H2,1H3,(H,54,62)(H,58,59). The number of carbonyl (C=O) groups excluding carboxylic acids is 3. The number of imide groups is 1. The van der Waals surface area contributed by atoms with Crippen molar-refractivity contribution in [1.82, 2.24) is 10.2 Å². The largest absolute Gasteiger partial charge is 0.491 e. The number of nitrogens with zero attached hydrogens (tertiary/aromatic N) is 2. The molecule has 0 aromatic heterocycles. The van der Waals surface area contributed by atoms with E-state index in [1.54, 1.807) is 49.4 Å². The van der Waals surface area contributed by atoms with Gasteiger partial charge in [-0.3, -0.25) is 19.3 Å². The maximum atomic E-state index is 16.2. The molecule has 332 valence electrons. The molecule has 1 saturated carbocycles. The van der Waals surface area contributed by atoms with Gasteiger partial charge < -0.3 is 30.1 Å². The van der Waals surface area contributed by atoms with Crippen molar-refractivity contribution >= 4 is 29.6 Å². The normalized spacial score (nSPS) is 25.0. The van der Waals surface area contributed by atoms with E-state index in [1.807, 2.05) is 95.9 Å². The van der Waals surface area contributed by atoms with Crippen molar-refractivity contribution in [2.75, 3.05) is 18.1 Å². The summed E-state index contributed by atoms with van der Waals surface area (Å²) in [5, 5.41) is 36.0. The number of anilines is 1. The van der Waals surface area contributed by atoms with E-state index >= 15 is 4.79 Å². The number of urea groups is 1. The predicted molar refractivity (Wildman–Crippen MR) is 241 cm³/mol. The number of aliphatic hydroxyl groups is 2.